The van der Waals surface area contributed by atoms with Gasteiger partial charge < -0.3 is 21.0 Å². The molecule has 8 heteroatoms. The van der Waals surface area contributed by atoms with E-state index in [2.05, 4.69) is 20.4 Å². The molecule has 2 fully saturated rings. The number of primary amides is 1. The van der Waals surface area contributed by atoms with Crippen LogP contribution < -0.4 is 11.2 Å². The van der Waals surface area contributed by atoms with Gasteiger partial charge in [0.05, 0.1) is 11.3 Å². The number of rotatable bonds is 3. The Bertz CT molecular complexity index is 802. The molecule has 126 valence electrons. The highest BCUT2D eigenvalue weighted by Gasteiger charge is 2.41. The first-order valence-electron chi connectivity index (χ1n) is 8.06. The number of carbonyl (C=O) groups excluding carboxylic acids is 2. The van der Waals surface area contributed by atoms with E-state index in [-0.39, 0.29) is 5.91 Å². The van der Waals surface area contributed by atoms with Crippen LogP contribution in [-0.4, -0.2) is 57.9 Å². The summed E-state index contributed by atoms with van der Waals surface area (Å²) in [5.74, 6) is 0.558. The first-order chi connectivity index (χ1) is 11.5. The van der Waals surface area contributed by atoms with Gasteiger partial charge in [0, 0.05) is 50.9 Å². The Kier molecular flexibility index (Phi) is 3.42. The molecule has 0 spiro atoms. The smallest absolute Gasteiger partial charge is 0.252 e. The zero-order chi connectivity index (χ0) is 16.8. The molecule has 2 amide bonds. The van der Waals surface area contributed by atoms with Gasteiger partial charge in [-0.25, -0.2) is 9.99 Å². The fraction of sp³-hybridized carbons (Fsp3) is 0.438. The highest BCUT2D eigenvalue weighted by atomic mass is 16.2. The van der Waals surface area contributed by atoms with Gasteiger partial charge in [0.25, 0.3) is 5.91 Å². The number of nitrogens with one attached hydrogen (secondary N) is 2. The maximum atomic E-state index is 11.7. The maximum Gasteiger partial charge on any atom is 0.252 e. The highest BCUT2D eigenvalue weighted by Crippen LogP contribution is 2.33. The number of pyridine rings is 1. The summed E-state index contributed by atoms with van der Waals surface area (Å²) in [6.45, 7) is 4.89. The van der Waals surface area contributed by atoms with Crippen molar-refractivity contribution in [3.63, 3.8) is 0 Å². The summed E-state index contributed by atoms with van der Waals surface area (Å²) < 4.78 is 0. The Hall–Kier alpha value is -2.61. The third-order valence-electron chi connectivity index (χ3n) is 5.05. The molecule has 0 radical (unpaired) electrons. The average molecular weight is 328 g/mol. The molecule has 2 unspecified atom stereocenters. The number of H-pyrrole nitrogens is 1. The summed E-state index contributed by atoms with van der Waals surface area (Å²) in [6.07, 6.45) is 3.29. The van der Waals surface area contributed by atoms with Crippen LogP contribution in [0.1, 0.15) is 17.3 Å². The van der Waals surface area contributed by atoms with Crippen molar-refractivity contribution in [3.05, 3.63) is 24.0 Å². The lowest BCUT2D eigenvalue weighted by atomic mass is 10.0. The number of hydrogen-bond acceptors (Lipinski definition) is 5. The van der Waals surface area contributed by atoms with E-state index >= 15 is 0 Å². The number of hydrazine groups is 1. The zero-order valence-electron chi connectivity index (χ0n) is 13.5. The Morgan fingerprint density at radius 1 is 1.29 bits per heavy atom. The summed E-state index contributed by atoms with van der Waals surface area (Å²) in [5, 5.41) is 2.95. The van der Waals surface area contributed by atoms with E-state index in [9.17, 15) is 9.59 Å². The summed E-state index contributed by atoms with van der Waals surface area (Å²) in [6, 6.07) is 1.88. The number of likely N-dealkylation sites (tertiary alicyclic amines) is 1. The molecule has 2 aliphatic heterocycles. The van der Waals surface area contributed by atoms with Crippen LogP contribution in [0.15, 0.2) is 18.5 Å². The van der Waals surface area contributed by atoms with Crippen molar-refractivity contribution >= 4 is 28.5 Å². The number of aromatic amines is 1. The normalized spacial score (nSPS) is 23.6. The van der Waals surface area contributed by atoms with Gasteiger partial charge >= 0.3 is 0 Å². The summed E-state index contributed by atoms with van der Waals surface area (Å²) in [4.78, 5) is 32.4. The molecular weight excluding hydrogens is 308 g/mol. The third-order valence-corrected chi connectivity index (χ3v) is 5.05. The molecule has 2 aliphatic rings. The van der Waals surface area contributed by atoms with E-state index in [1.807, 2.05) is 11.0 Å². The number of nitrogens with two attached hydrogens (primary N) is 1. The number of anilines is 1. The number of amides is 2. The minimum Gasteiger partial charge on any atom is -0.365 e. The standard InChI is InChI=1S/C16H20N6O2/c1-9(23)21-5-10-7-22(8-11(10)6-21)20-14-12-2-3-18-16(12)19-4-13(14)15(17)24/h2-4,10-11H,5-8H2,1H3,(H2,17,24)(H2,18,19,20). The van der Waals surface area contributed by atoms with E-state index in [1.165, 1.54) is 6.20 Å². The Balaban J connectivity index is 1.56. The summed E-state index contributed by atoms with van der Waals surface area (Å²) in [5.41, 5.74) is 10.6. The Labute approximate surface area is 139 Å². The van der Waals surface area contributed by atoms with E-state index in [0.29, 0.717) is 28.7 Å². The molecule has 4 heterocycles. The third kappa shape index (κ3) is 2.39. The fourth-order valence-electron chi connectivity index (χ4n) is 3.81. The van der Waals surface area contributed by atoms with Crippen molar-refractivity contribution in [1.82, 2.24) is 19.9 Å². The second kappa shape index (κ2) is 5.48. The van der Waals surface area contributed by atoms with Crippen molar-refractivity contribution in [2.45, 2.75) is 6.92 Å². The van der Waals surface area contributed by atoms with Crippen LogP contribution in [0.25, 0.3) is 11.0 Å². The maximum absolute atomic E-state index is 11.7. The molecule has 2 aromatic heterocycles. The van der Waals surface area contributed by atoms with Crippen molar-refractivity contribution in [2.24, 2.45) is 17.6 Å². The topological polar surface area (TPSA) is 107 Å². The monoisotopic (exact) mass is 328 g/mol. The van der Waals surface area contributed by atoms with Crippen LogP contribution in [-0.2, 0) is 4.79 Å². The second-order valence-electron chi connectivity index (χ2n) is 6.61. The quantitative estimate of drug-likeness (QED) is 0.756. The van der Waals surface area contributed by atoms with Crippen molar-refractivity contribution in [2.75, 3.05) is 31.6 Å². The fourth-order valence-corrected chi connectivity index (χ4v) is 3.81. The molecule has 8 nitrogen and oxygen atoms in total. The largest absolute Gasteiger partial charge is 0.365 e. The minimum atomic E-state index is -0.504. The van der Waals surface area contributed by atoms with Crippen LogP contribution in [0.5, 0.6) is 0 Å². The summed E-state index contributed by atoms with van der Waals surface area (Å²) >= 11 is 0. The lowest BCUT2D eigenvalue weighted by molar-refractivity contribution is -0.128. The van der Waals surface area contributed by atoms with Crippen molar-refractivity contribution in [1.29, 1.82) is 0 Å². The summed E-state index contributed by atoms with van der Waals surface area (Å²) in [7, 11) is 0. The van der Waals surface area contributed by atoms with Crippen LogP contribution in [0.2, 0.25) is 0 Å². The first-order valence-corrected chi connectivity index (χ1v) is 8.06. The van der Waals surface area contributed by atoms with Crippen LogP contribution in [0.3, 0.4) is 0 Å². The molecule has 0 bridgehead atoms. The van der Waals surface area contributed by atoms with Gasteiger partial charge in [-0.15, -0.1) is 0 Å². The van der Waals surface area contributed by atoms with Crippen molar-refractivity contribution in [3.8, 4) is 0 Å². The minimum absolute atomic E-state index is 0.142. The highest BCUT2D eigenvalue weighted by molar-refractivity contribution is 6.05. The average Bonchev–Trinajstić information content (AvgIpc) is 3.19. The number of aromatic nitrogens is 2. The molecule has 4 N–H and O–H groups in total. The lowest BCUT2D eigenvalue weighted by Crippen LogP contribution is -2.35. The van der Waals surface area contributed by atoms with Crippen LogP contribution in [0.4, 0.5) is 5.69 Å². The van der Waals surface area contributed by atoms with Gasteiger partial charge in [0.1, 0.15) is 5.65 Å². The molecule has 2 aromatic rings. The van der Waals surface area contributed by atoms with Crippen LogP contribution >= 0.6 is 0 Å². The van der Waals surface area contributed by atoms with Gasteiger partial charge in [0.15, 0.2) is 0 Å². The number of nitrogens with zero attached hydrogens (tertiary/aromatic N) is 3. The van der Waals surface area contributed by atoms with Gasteiger partial charge in [-0.05, 0) is 17.9 Å². The van der Waals surface area contributed by atoms with E-state index in [1.54, 1.807) is 13.1 Å². The molecule has 0 aromatic carbocycles. The molecule has 2 saturated heterocycles. The number of hydrogen-bond donors (Lipinski definition) is 3. The molecule has 0 saturated carbocycles. The van der Waals surface area contributed by atoms with Gasteiger partial charge in [-0.1, -0.05) is 0 Å². The molecule has 0 aliphatic carbocycles. The first kappa shape index (κ1) is 14.9. The second-order valence-corrected chi connectivity index (χ2v) is 6.61. The number of fused-ring (bicyclic) bond motifs is 2. The zero-order valence-corrected chi connectivity index (χ0v) is 13.5. The molecule has 2 atom stereocenters. The predicted octanol–water partition coefficient (Wildman–Crippen LogP) is 0.399. The molecule has 24 heavy (non-hydrogen) atoms. The number of carbonyl (C=O) groups is 2. The SMILES string of the molecule is CC(=O)N1CC2CN(Nc3c(C(N)=O)cnc4[nH]ccc34)CC2C1. The van der Waals surface area contributed by atoms with Gasteiger partial charge in [-0.2, -0.15) is 0 Å². The van der Waals surface area contributed by atoms with Crippen molar-refractivity contribution < 1.29 is 9.59 Å². The van der Waals surface area contributed by atoms with E-state index in [4.69, 9.17) is 5.73 Å². The van der Waals surface area contributed by atoms with Crippen LogP contribution in [0, 0.1) is 11.8 Å². The van der Waals surface area contributed by atoms with E-state index < -0.39 is 5.91 Å². The van der Waals surface area contributed by atoms with Gasteiger partial charge in [-0.3, -0.25) is 9.59 Å². The predicted molar refractivity (Wildman–Crippen MR) is 89.0 cm³/mol. The Morgan fingerprint density at radius 3 is 2.62 bits per heavy atom. The lowest BCUT2D eigenvalue weighted by Gasteiger charge is -2.23. The van der Waals surface area contributed by atoms with Gasteiger partial charge in [0.2, 0.25) is 5.91 Å². The van der Waals surface area contributed by atoms with E-state index in [0.717, 1.165) is 31.6 Å². The Morgan fingerprint density at radius 2 is 2.00 bits per heavy atom. The molecular formula is C16H20N6O2. The molecule has 4 rings (SSSR count).